The molecule has 0 aromatic rings. The van der Waals surface area contributed by atoms with Gasteiger partial charge in [0.05, 0.1) is 0 Å². The molecule has 0 aliphatic carbocycles. The van der Waals surface area contributed by atoms with Crippen molar-refractivity contribution in [2.75, 3.05) is 0 Å². The zero-order valence-electron chi connectivity index (χ0n) is 14.5. The molecule has 3 heteroatoms. The predicted octanol–water partition coefficient (Wildman–Crippen LogP) is 6.83. The van der Waals surface area contributed by atoms with Gasteiger partial charge in [-0.05, 0) is 0 Å². The zero-order chi connectivity index (χ0) is 14.0. The van der Waals surface area contributed by atoms with Crippen molar-refractivity contribution in [3.05, 3.63) is 13.2 Å². The summed E-state index contributed by atoms with van der Waals surface area (Å²) in [6, 6.07) is 0. The van der Waals surface area contributed by atoms with Gasteiger partial charge >= 0.3 is 0 Å². The van der Waals surface area contributed by atoms with Crippen LogP contribution in [0.4, 0.5) is 0 Å². The van der Waals surface area contributed by atoms with Gasteiger partial charge in [0.2, 0.25) is 0 Å². The van der Waals surface area contributed by atoms with Crippen molar-refractivity contribution in [2.45, 2.75) is 104 Å². The van der Waals surface area contributed by atoms with Gasteiger partial charge in [0.1, 0.15) is 0 Å². The molecule has 0 N–H and O–H groups in total. The Morgan fingerprint density at radius 3 is 1.24 bits per heavy atom. The first kappa shape index (κ1) is 28.5. The van der Waals surface area contributed by atoms with E-state index in [1.807, 2.05) is 13.2 Å². The Balaban J connectivity index is -0.00000162. The monoisotopic (exact) mass is 548 g/mol. The fraction of sp³-hybridized carbons (Fsp3) is 0.889. The van der Waals surface area contributed by atoms with E-state index in [2.05, 4.69) is 13.8 Å². The molecule has 0 spiro atoms. The van der Waals surface area contributed by atoms with Crippen molar-refractivity contribution in [3.63, 3.8) is 0 Å². The predicted molar refractivity (Wildman–Crippen MR) is 85.7 cm³/mol. The average Bonchev–Trinajstić information content (AvgIpc) is 2.43. The topological polar surface area (TPSA) is 9.23 Å². The number of ether oxygens (including phenoxy) is 1. The molecule has 0 saturated heterocycles. The van der Waals surface area contributed by atoms with E-state index in [4.69, 9.17) is 4.74 Å². The van der Waals surface area contributed by atoms with E-state index in [1.54, 1.807) is 0 Å². The summed E-state index contributed by atoms with van der Waals surface area (Å²) in [4.78, 5) is 0. The first-order chi connectivity index (χ1) is 9.41. The Bertz CT molecular complexity index is 138. The van der Waals surface area contributed by atoms with Crippen molar-refractivity contribution in [1.29, 1.82) is 0 Å². The van der Waals surface area contributed by atoms with Crippen LogP contribution in [0, 0.1) is 96.7 Å². The van der Waals surface area contributed by atoms with Gasteiger partial charge in [-0.1, -0.05) is 90.9 Å². The van der Waals surface area contributed by atoms with E-state index in [9.17, 15) is 0 Å². The Hall–Kier alpha value is 2.71. The zero-order valence-corrected chi connectivity index (χ0v) is 20.7. The number of rotatable bonds is 16. The maximum absolute atomic E-state index is 5.44. The molecule has 21 heavy (non-hydrogen) atoms. The molecule has 0 bridgehead atoms. The van der Waals surface area contributed by atoms with Gasteiger partial charge in [-0.25, -0.2) is 0 Å². The Labute approximate surface area is 202 Å². The summed E-state index contributed by atoms with van der Waals surface area (Å²) in [7, 11) is 0. The summed E-state index contributed by atoms with van der Waals surface area (Å²) in [5, 5.41) is 0. The molecule has 0 rings (SSSR count). The molecule has 0 heterocycles. The summed E-state index contributed by atoms with van der Waals surface area (Å²) in [6.45, 7) is 8.50. The van der Waals surface area contributed by atoms with Crippen LogP contribution in [0.5, 0.6) is 0 Å². The molecular weight excluding hydrogens is 512 g/mol. The molecule has 124 valence electrons. The van der Waals surface area contributed by atoms with Gasteiger partial charge in [0.15, 0.2) is 0 Å². The van der Waals surface area contributed by atoms with E-state index >= 15 is 0 Å². The molecule has 0 radical (unpaired) electrons. The summed E-state index contributed by atoms with van der Waals surface area (Å²) in [5.41, 5.74) is 0. The maximum atomic E-state index is 5.44. The Morgan fingerprint density at radius 2 is 0.857 bits per heavy atom. The molecule has 0 aromatic heterocycles. The van der Waals surface area contributed by atoms with E-state index < -0.39 is 0 Å². The molecule has 1 nitrogen and oxygen atoms in total. The van der Waals surface area contributed by atoms with Gasteiger partial charge in [0, 0.05) is 83.5 Å². The van der Waals surface area contributed by atoms with E-state index in [0.29, 0.717) is 0 Å². The third kappa shape index (κ3) is 27.8. The molecule has 0 atom stereocenters. The number of unbranched alkanes of at least 4 members (excludes halogenated alkanes) is 12. The van der Waals surface area contributed by atoms with Crippen molar-refractivity contribution >= 4 is 0 Å². The Kier molecular flexibility index (Phi) is 37.4. The minimum absolute atomic E-state index is 0. The normalized spacial score (nSPS) is 10.0. The number of hydrogen-bond acceptors (Lipinski definition) is 1. The Morgan fingerprint density at radius 1 is 0.524 bits per heavy atom. The second-order valence-corrected chi connectivity index (χ2v) is 5.58. The SMILES string of the molecule is CCCCCCCC[CH-]O[CH-]CCCCCCCC.[Ce].[Ce]. The van der Waals surface area contributed by atoms with Gasteiger partial charge in [-0.3, -0.25) is 13.2 Å². The van der Waals surface area contributed by atoms with E-state index in [0.717, 1.165) is 12.8 Å². The van der Waals surface area contributed by atoms with Crippen LogP contribution in [-0.4, -0.2) is 0 Å². The number of hydrogen-bond donors (Lipinski definition) is 0. The third-order valence-corrected chi connectivity index (χ3v) is 3.54. The fourth-order valence-electron chi connectivity index (χ4n) is 2.22. The van der Waals surface area contributed by atoms with Crippen LogP contribution in [0.1, 0.15) is 104 Å². The maximum Gasteiger partial charge on any atom is 0 e. The van der Waals surface area contributed by atoms with Crippen molar-refractivity contribution in [2.24, 2.45) is 0 Å². The molecule has 0 fully saturated rings. The summed E-state index contributed by atoms with van der Waals surface area (Å²) >= 11 is 0. The minimum atomic E-state index is 0. The van der Waals surface area contributed by atoms with Crippen LogP contribution in [0.25, 0.3) is 0 Å². The molecule has 0 unspecified atom stereocenters. The van der Waals surface area contributed by atoms with E-state index in [1.165, 1.54) is 77.0 Å². The van der Waals surface area contributed by atoms with E-state index in [-0.39, 0.29) is 83.5 Å². The molecule has 0 saturated carbocycles. The van der Waals surface area contributed by atoms with Gasteiger partial charge in [-0.15, -0.1) is 0 Å². The van der Waals surface area contributed by atoms with Crippen LogP contribution in [0.2, 0.25) is 0 Å². The van der Waals surface area contributed by atoms with Gasteiger partial charge in [0.25, 0.3) is 0 Å². The molecule has 0 aliphatic rings. The van der Waals surface area contributed by atoms with Gasteiger partial charge < -0.3 is 4.74 Å². The third-order valence-electron chi connectivity index (χ3n) is 3.54. The smallest absolute Gasteiger partial charge is 0 e. The first-order valence-electron chi connectivity index (χ1n) is 8.70. The second kappa shape index (κ2) is 27.6. The molecule has 0 aliphatic heterocycles. The quantitative estimate of drug-likeness (QED) is 0.152. The van der Waals surface area contributed by atoms with Crippen molar-refractivity contribution in [3.8, 4) is 0 Å². The second-order valence-electron chi connectivity index (χ2n) is 5.58. The van der Waals surface area contributed by atoms with Crippen LogP contribution < -0.4 is 0 Å². The van der Waals surface area contributed by atoms with Crippen LogP contribution in [-0.2, 0) is 4.74 Å². The molecule has 0 amide bonds. The van der Waals surface area contributed by atoms with Crippen LogP contribution >= 0.6 is 0 Å². The first-order valence-corrected chi connectivity index (χ1v) is 8.70. The summed E-state index contributed by atoms with van der Waals surface area (Å²) in [5.74, 6) is 0. The van der Waals surface area contributed by atoms with Gasteiger partial charge in [-0.2, -0.15) is 12.8 Å². The largest absolute Gasteiger partial charge is 0.713 e. The van der Waals surface area contributed by atoms with Crippen LogP contribution in [0.3, 0.4) is 0 Å². The van der Waals surface area contributed by atoms with Crippen molar-refractivity contribution < 1.29 is 88.2 Å². The summed E-state index contributed by atoms with van der Waals surface area (Å²) in [6.07, 6.45) is 18.6. The molecule has 0 aromatic carbocycles. The fourth-order valence-corrected chi connectivity index (χ4v) is 2.22. The van der Waals surface area contributed by atoms with Crippen LogP contribution in [0.15, 0.2) is 0 Å². The minimum Gasteiger partial charge on any atom is -0.713 e. The average molecular weight is 549 g/mol. The standard InChI is InChI=1S/C18H36O.2Ce/c1-3-5-7-9-11-13-15-17-19-18-16-14-12-10-8-6-4-2;;/h17-18H,3-16H2,1-2H3;;/q-2;;. The molecular formula is C18H36Ce2O-2. The van der Waals surface area contributed by atoms with Crippen molar-refractivity contribution in [1.82, 2.24) is 0 Å². The summed E-state index contributed by atoms with van der Waals surface area (Å²) < 4.78 is 5.44.